The van der Waals surface area contributed by atoms with Crippen molar-refractivity contribution in [2.45, 2.75) is 25.1 Å². The largest absolute Gasteiger partial charge is 0.489 e. The Morgan fingerprint density at radius 2 is 1.79 bits per heavy atom. The van der Waals surface area contributed by atoms with Gasteiger partial charge >= 0.3 is 0 Å². The average Bonchev–Trinajstić information content (AvgIpc) is 3.23. The highest BCUT2D eigenvalue weighted by atomic mass is 32.2. The minimum atomic E-state index is -0.356. The molecule has 1 amide bonds. The lowest BCUT2D eigenvalue weighted by atomic mass is 10.2. The third-order valence-electron chi connectivity index (χ3n) is 4.59. The van der Waals surface area contributed by atoms with Gasteiger partial charge in [-0.25, -0.2) is 4.39 Å². The minimum absolute atomic E-state index is 0.0110. The maximum absolute atomic E-state index is 13.8. The smallest absolute Gasteiger partial charge is 0.234 e. The van der Waals surface area contributed by atoms with Crippen LogP contribution in [0.15, 0.2) is 84.0 Å². The molecule has 0 radical (unpaired) electrons. The lowest BCUT2D eigenvalue weighted by molar-refractivity contribution is -0.113. The number of nitrogens with zero attached hydrogens (tertiary/aromatic N) is 3. The summed E-state index contributed by atoms with van der Waals surface area (Å²) in [7, 11) is 0. The van der Waals surface area contributed by atoms with Crippen LogP contribution in [0.1, 0.15) is 13.8 Å². The number of halogens is 1. The molecule has 0 fully saturated rings. The predicted molar refractivity (Wildman–Crippen MR) is 128 cm³/mol. The van der Waals surface area contributed by atoms with Gasteiger partial charge in [0.05, 0.1) is 17.5 Å². The number of thioether (sulfide) groups is 1. The molecule has 6 nitrogen and oxygen atoms in total. The molecule has 4 aromatic rings. The number of hydrogen-bond acceptors (Lipinski definition) is 5. The molecule has 0 unspecified atom stereocenters. The number of carbonyl (C=O) groups is 1. The first-order chi connectivity index (χ1) is 16.0. The van der Waals surface area contributed by atoms with E-state index in [4.69, 9.17) is 4.74 Å². The normalized spacial score (nSPS) is 10.9. The zero-order valence-corrected chi connectivity index (χ0v) is 19.1. The number of rotatable bonds is 8. The number of carbonyl (C=O) groups excluding carboxylic acids is 1. The van der Waals surface area contributed by atoms with Gasteiger partial charge in [-0.15, -0.1) is 10.2 Å². The summed E-state index contributed by atoms with van der Waals surface area (Å²) in [4.78, 5) is 12.7. The van der Waals surface area contributed by atoms with Crippen molar-refractivity contribution >= 4 is 23.4 Å². The highest BCUT2D eigenvalue weighted by molar-refractivity contribution is 7.99. The van der Waals surface area contributed by atoms with E-state index in [1.165, 1.54) is 23.9 Å². The zero-order chi connectivity index (χ0) is 23.2. The Kier molecular flexibility index (Phi) is 7.04. The van der Waals surface area contributed by atoms with Crippen molar-refractivity contribution in [3.63, 3.8) is 0 Å². The van der Waals surface area contributed by atoms with Crippen LogP contribution in [0.5, 0.6) is 5.75 Å². The van der Waals surface area contributed by atoms with Crippen LogP contribution in [0.2, 0.25) is 0 Å². The van der Waals surface area contributed by atoms with Crippen molar-refractivity contribution in [3.8, 4) is 22.8 Å². The number of para-hydroxylation sites is 3. The van der Waals surface area contributed by atoms with Gasteiger partial charge in [0.25, 0.3) is 0 Å². The molecule has 0 saturated heterocycles. The summed E-state index contributed by atoms with van der Waals surface area (Å²) in [6.07, 6.45) is -0.0110. The van der Waals surface area contributed by atoms with E-state index in [9.17, 15) is 9.18 Å². The van der Waals surface area contributed by atoms with Crippen LogP contribution >= 0.6 is 11.8 Å². The van der Waals surface area contributed by atoms with Crippen LogP contribution in [0, 0.1) is 5.82 Å². The van der Waals surface area contributed by atoms with Crippen LogP contribution < -0.4 is 10.1 Å². The molecule has 0 aliphatic carbocycles. The summed E-state index contributed by atoms with van der Waals surface area (Å²) in [5, 5.41) is 12.0. The van der Waals surface area contributed by atoms with Crippen LogP contribution in [0.3, 0.4) is 0 Å². The van der Waals surface area contributed by atoms with E-state index in [1.54, 1.807) is 18.2 Å². The third kappa shape index (κ3) is 5.59. The Bertz CT molecular complexity index is 1240. The van der Waals surface area contributed by atoms with Crippen molar-refractivity contribution in [1.82, 2.24) is 14.8 Å². The number of amides is 1. The fourth-order valence-electron chi connectivity index (χ4n) is 3.23. The van der Waals surface area contributed by atoms with Crippen molar-refractivity contribution in [2.75, 3.05) is 11.1 Å². The molecule has 4 rings (SSSR count). The van der Waals surface area contributed by atoms with E-state index in [2.05, 4.69) is 15.5 Å². The van der Waals surface area contributed by atoms with Crippen LogP contribution in [-0.4, -0.2) is 32.5 Å². The van der Waals surface area contributed by atoms with Gasteiger partial charge < -0.3 is 10.1 Å². The molecule has 0 saturated carbocycles. The Labute approximate surface area is 195 Å². The second-order valence-corrected chi connectivity index (χ2v) is 8.43. The Morgan fingerprint density at radius 1 is 1.03 bits per heavy atom. The van der Waals surface area contributed by atoms with E-state index < -0.39 is 0 Å². The molecule has 0 atom stereocenters. The Balaban J connectivity index is 1.56. The van der Waals surface area contributed by atoms with E-state index in [0.717, 1.165) is 5.69 Å². The second kappa shape index (κ2) is 10.3. The average molecular weight is 463 g/mol. The summed E-state index contributed by atoms with van der Waals surface area (Å²) >= 11 is 1.25. The zero-order valence-electron chi connectivity index (χ0n) is 18.2. The second-order valence-electron chi connectivity index (χ2n) is 7.49. The maximum atomic E-state index is 13.8. The maximum Gasteiger partial charge on any atom is 0.234 e. The third-order valence-corrected chi connectivity index (χ3v) is 5.52. The molecule has 33 heavy (non-hydrogen) atoms. The van der Waals surface area contributed by atoms with Gasteiger partial charge in [0, 0.05) is 11.3 Å². The molecule has 1 N–H and O–H groups in total. The van der Waals surface area contributed by atoms with Crippen LogP contribution in [-0.2, 0) is 4.79 Å². The minimum Gasteiger partial charge on any atom is -0.489 e. The highest BCUT2D eigenvalue weighted by Gasteiger charge is 2.18. The van der Waals surface area contributed by atoms with E-state index >= 15 is 0 Å². The molecule has 0 bridgehead atoms. The lowest BCUT2D eigenvalue weighted by Gasteiger charge is -2.14. The fraction of sp³-hybridized carbons (Fsp3) is 0.160. The Morgan fingerprint density at radius 3 is 2.55 bits per heavy atom. The van der Waals surface area contributed by atoms with Gasteiger partial charge in [-0.2, -0.15) is 0 Å². The molecule has 3 aromatic carbocycles. The number of benzene rings is 3. The molecule has 1 aromatic heterocycles. The summed E-state index contributed by atoms with van der Waals surface area (Å²) in [5.41, 5.74) is 2.03. The number of ether oxygens (including phenoxy) is 1. The Hall–Kier alpha value is -3.65. The fourth-order valence-corrected chi connectivity index (χ4v) is 3.98. The van der Waals surface area contributed by atoms with Gasteiger partial charge in [0.15, 0.2) is 11.0 Å². The molecule has 0 aliphatic rings. The number of hydrogen-bond donors (Lipinski definition) is 1. The summed E-state index contributed by atoms with van der Waals surface area (Å²) < 4.78 is 21.4. The molecule has 8 heteroatoms. The number of aromatic nitrogens is 3. The van der Waals surface area contributed by atoms with Gasteiger partial charge in [0.2, 0.25) is 5.91 Å². The van der Waals surface area contributed by atoms with Gasteiger partial charge in [-0.1, -0.05) is 54.2 Å². The first kappa shape index (κ1) is 22.5. The standard InChI is InChI=1S/C25H23FN4O2S/c1-17(2)32-22-14-7-6-13-21(22)27-23(31)16-33-25-29-28-24(18-9-8-10-19(26)15-18)30(25)20-11-4-3-5-12-20/h3-15,17H,16H2,1-2H3,(H,27,31). The lowest BCUT2D eigenvalue weighted by Crippen LogP contribution is -2.16. The van der Waals surface area contributed by atoms with E-state index in [-0.39, 0.29) is 23.6 Å². The van der Waals surface area contributed by atoms with Crippen molar-refractivity contribution in [2.24, 2.45) is 0 Å². The van der Waals surface area contributed by atoms with Gasteiger partial charge in [-0.3, -0.25) is 9.36 Å². The molecule has 0 spiro atoms. The predicted octanol–water partition coefficient (Wildman–Crippen LogP) is 5.59. The van der Waals surface area contributed by atoms with Crippen LogP contribution in [0.4, 0.5) is 10.1 Å². The number of anilines is 1. The molecular weight excluding hydrogens is 439 g/mol. The summed E-state index contributed by atoms with van der Waals surface area (Å²) in [5.74, 6) is 0.677. The number of nitrogens with one attached hydrogen (secondary N) is 1. The molecule has 168 valence electrons. The van der Waals surface area contributed by atoms with Gasteiger partial charge in [0.1, 0.15) is 11.6 Å². The van der Waals surface area contributed by atoms with E-state index in [1.807, 2.05) is 66.9 Å². The van der Waals surface area contributed by atoms with Crippen LogP contribution in [0.25, 0.3) is 17.1 Å². The summed E-state index contributed by atoms with van der Waals surface area (Å²) in [6.45, 7) is 3.86. The van der Waals surface area contributed by atoms with Gasteiger partial charge in [-0.05, 0) is 50.2 Å². The quantitative estimate of drug-likeness (QED) is 0.346. The van der Waals surface area contributed by atoms with Crippen molar-refractivity contribution in [3.05, 3.63) is 84.7 Å². The molecule has 1 heterocycles. The van der Waals surface area contributed by atoms with Crippen molar-refractivity contribution in [1.29, 1.82) is 0 Å². The monoisotopic (exact) mass is 462 g/mol. The topological polar surface area (TPSA) is 69.0 Å². The van der Waals surface area contributed by atoms with E-state index in [0.29, 0.717) is 28.0 Å². The highest BCUT2D eigenvalue weighted by Crippen LogP contribution is 2.29. The van der Waals surface area contributed by atoms with Crippen molar-refractivity contribution < 1.29 is 13.9 Å². The molecule has 0 aliphatic heterocycles. The molecular formula is C25H23FN4O2S. The summed E-state index contributed by atoms with van der Waals surface area (Å²) in [6, 6.07) is 23.1. The first-order valence-electron chi connectivity index (χ1n) is 10.5. The SMILES string of the molecule is CC(C)Oc1ccccc1NC(=O)CSc1nnc(-c2cccc(F)c2)n1-c1ccccc1. The first-order valence-corrected chi connectivity index (χ1v) is 11.4.